The molecule has 0 spiro atoms. The molecule has 1 nitrogen and oxygen atoms in total. The van der Waals surface area contributed by atoms with Gasteiger partial charge >= 0.3 is 0 Å². The van der Waals surface area contributed by atoms with Crippen molar-refractivity contribution >= 4 is 24.5 Å². The standard InChI is InChI=1S/C13H16OS/c1-10-9-12(5-3-4-8-15)6-7-13(10)11(2)14/h3,5-7,9,15H,4,8H2,1-2H3. The van der Waals surface area contributed by atoms with E-state index >= 15 is 0 Å². The van der Waals surface area contributed by atoms with Crippen LogP contribution in [0.3, 0.4) is 0 Å². The first-order chi connectivity index (χ1) is 7.15. The molecule has 0 aliphatic carbocycles. The van der Waals surface area contributed by atoms with Crippen molar-refractivity contribution in [2.45, 2.75) is 20.3 Å². The number of benzene rings is 1. The number of carbonyl (C=O) groups excluding carboxylic acids is 1. The Balaban J connectivity index is 2.87. The quantitative estimate of drug-likeness (QED) is 0.607. The van der Waals surface area contributed by atoms with Gasteiger partial charge in [0.05, 0.1) is 0 Å². The summed E-state index contributed by atoms with van der Waals surface area (Å²) in [6.45, 7) is 3.56. The molecule has 2 heteroatoms. The third-order valence-corrected chi connectivity index (χ3v) is 2.49. The fourth-order valence-electron chi connectivity index (χ4n) is 1.48. The molecule has 1 rings (SSSR count). The maximum absolute atomic E-state index is 11.2. The van der Waals surface area contributed by atoms with E-state index in [-0.39, 0.29) is 5.78 Å². The molecule has 15 heavy (non-hydrogen) atoms. The van der Waals surface area contributed by atoms with Gasteiger partial charge < -0.3 is 0 Å². The van der Waals surface area contributed by atoms with Crippen LogP contribution in [-0.2, 0) is 0 Å². The third-order valence-electron chi connectivity index (χ3n) is 2.24. The Kier molecular flexibility index (Phi) is 4.63. The maximum atomic E-state index is 11.2. The highest BCUT2D eigenvalue weighted by molar-refractivity contribution is 7.80. The molecule has 0 aromatic heterocycles. The number of Topliss-reactive ketones (excluding diaryl/α,β-unsaturated/α-hetero) is 1. The number of carbonyl (C=O) groups is 1. The Morgan fingerprint density at radius 2 is 2.20 bits per heavy atom. The number of hydrogen-bond donors (Lipinski definition) is 1. The van der Waals surface area contributed by atoms with Crippen LogP contribution in [0.4, 0.5) is 0 Å². The number of hydrogen-bond acceptors (Lipinski definition) is 2. The zero-order valence-corrected chi connectivity index (χ0v) is 10.1. The Hall–Kier alpha value is -1.02. The number of ketones is 1. The van der Waals surface area contributed by atoms with Gasteiger partial charge in [-0.25, -0.2) is 0 Å². The molecule has 0 aliphatic rings. The molecule has 0 saturated heterocycles. The summed E-state index contributed by atoms with van der Waals surface area (Å²) in [5.41, 5.74) is 2.98. The second-order valence-corrected chi connectivity index (χ2v) is 3.99. The first-order valence-electron chi connectivity index (χ1n) is 5.04. The van der Waals surface area contributed by atoms with Crippen molar-refractivity contribution in [1.82, 2.24) is 0 Å². The molecular formula is C13H16OS. The van der Waals surface area contributed by atoms with Crippen LogP contribution >= 0.6 is 12.6 Å². The Bertz CT molecular complexity index is 380. The molecule has 0 unspecified atom stereocenters. The third kappa shape index (κ3) is 3.56. The van der Waals surface area contributed by atoms with E-state index in [4.69, 9.17) is 0 Å². The highest BCUT2D eigenvalue weighted by Crippen LogP contribution is 2.13. The monoisotopic (exact) mass is 220 g/mol. The van der Waals surface area contributed by atoms with Crippen molar-refractivity contribution in [3.63, 3.8) is 0 Å². The zero-order valence-electron chi connectivity index (χ0n) is 9.16. The lowest BCUT2D eigenvalue weighted by atomic mass is 10.0. The van der Waals surface area contributed by atoms with E-state index in [1.165, 1.54) is 0 Å². The molecule has 1 aromatic carbocycles. The minimum atomic E-state index is 0.124. The molecular weight excluding hydrogens is 204 g/mol. The SMILES string of the molecule is CC(=O)c1ccc(C=CCCS)cc1C. The summed E-state index contributed by atoms with van der Waals surface area (Å²) in [6.07, 6.45) is 5.12. The molecule has 0 fully saturated rings. The van der Waals surface area contributed by atoms with E-state index in [2.05, 4.69) is 24.8 Å². The molecule has 0 radical (unpaired) electrons. The lowest BCUT2D eigenvalue weighted by Gasteiger charge is -2.02. The van der Waals surface area contributed by atoms with Crippen molar-refractivity contribution < 1.29 is 4.79 Å². The summed E-state index contributed by atoms with van der Waals surface area (Å²) in [4.78, 5) is 11.2. The average Bonchev–Trinajstić information content (AvgIpc) is 2.17. The molecule has 0 saturated carbocycles. The average molecular weight is 220 g/mol. The van der Waals surface area contributed by atoms with Gasteiger partial charge in [0.2, 0.25) is 0 Å². The Labute approximate surface area is 96.6 Å². The van der Waals surface area contributed by atoms with Gasteiger partial charge in [0.1, 0.15) is 0 Å². The van der Waals surface area contributed by atoms with Crippen LogP contribution in [0, 0.1) is 6.92 Å². The summed E-state index contributed by atoms with van der Waals surface area (Å²) >= 11 is 4.13. The lowest BCUT2D eigenvalue weighted by molar-refractivity contribution is 0.101. The second-order valence-electron chi connectivity index (χ2n) is 3.55. The van der Waals surface area contributed by atoms with E-state index in [0.29, 0.717) is 0 Å². The van der Waals surface area contributed by atoms with Crippen molar-refractivity contribution in [1.29, 1.82) is 0 Å². The summed E-state index contributed by atoms with van der Waals surface area (Å²) < 4.78 is 0. The molecule has 0 aliphatic heterocycles. The van der Waals surface area contributed by atoms with Crippen molar-refractivity contribution in [3.8, 4) is 0 Å². The molecule has 0 atom stereocenters. The summed E-state index contributed by atoms with van der Waals surface area (Å²) in [6, 6.07) is 5.89. The normalized spacial score (nSPS) is 10.9. The first-order valence-corrected chi connectivity index (χ1v) is 5.67. The van der Waals surface area contributed by atoms with Gasteiger partial charge in [0.25, 0.3) is 0 Å². The van der Waals surface area contributed by atoms with E-state index in [1.807, 2.05) is 25.1 Å². The second kappa shape index (κ2) is 5.76. The summed E-state index contributed by atoms with van der Waals surface area (Å²) in [7, 11) is 0. The molecule has 80 valence electrons. The molecule has 0 heterocycles. The van der Waals surface area contributed by atoms with E-state index in [9.17, 15) is 4.79 Å². The van der Waals surface area contributed by atoms with Crippen LogP contribution in [0.2, 0.25) is 0 Å². The van der Waals surface area contributed by atoms with Crippen LogP contribution in [0.5, 0.6) is 0 Å². The minimum absolute atomic E-state index is 0.124. The van der Waals surface area contributed by atoms with Gasteiger partial charge in [-0.2, -0.15) is 12.6 Å². The Morgan fingerprint density at radius 1 is 1.47 bits per heavy atom. The Morgan fingerprint density at radius 3 is 2.73 bits per heavy atom. The van der Waals surface area contributed by atoms with Gasteiger partial charge in [-0.1, -0.05) is 30.4 Å². The summed E-state index contributed by atoms with van der Waals surface area (Å²) in [5.74, 6) is 0.986. The van der Waals surface area contributed by atoms with Crippen molar-refractivity contribution in [2.75, 3.05) is 5.75 Å². The van der Waals surface area contributed by atoms with Crippen LogP contribution in [0.25, 0.3) is 6.08 Å². The lowest BCUT2D eigenvalue weighted by Crippen LogP contribution is -1.95. The van der Waals surface area contributed by atoms with Crippen molar-refractivity contribution in [2.24, 2.45) is 0 Å². The number of allylic oxidation sites excluding steroid dienone is 1. The van der Waals surface area contributed by atoms with Gasteiger partial charge in [-0.05, 0) is 37.1 Å². The van der Waals surface area contributed by atoms with Crippen molar-refractivity contribution in [3.05, 3.63) is 41.0 Å². The summed E-state index contributed by atoms with van der Waals surface area (Å²) in [5, 5.41) is 0. The predicted molar refractivity (Wildman–Crippen MR) is 68.7 cm³/mol. The molecule has 1 aromatic rings. The first kappa shape index (κ1) is 12.1. The zero-order chi connectivity index (χ0) is 11.3. The number of rotatable bonds is 4. The van der Waals surface area contributed by atoms with Gasteiger partial charge in [-0.3, -0.25) is 4.79 Å². The van der Waals surface area contributed by atoms with Gasteiger partial charge in [-0.15, -0.1) is 0 Å². The predicted octanol–water partition coefficient (Wildman–Crippen LogP) is 3.53. The topological polar surface area (TPSA) is 17.1 Å². The number of thiol groups is 1. The van der Waals surface area contributed by atoms with Crippen LogP contribution in [0.1, 0.15) is 34.8 Å². The fraction of sp³-hybridized carbons (Fsp3) is 0.308. The van der Waals surface area contributed by atoms with Gasteiger partial charge in [0.15, 0.2) is 5.78 Å². The van der Waals surface area contributed by atoms with Crippen LogP contribution in [0.15, 0.2) is 24.3 Å². The van der Waals surface area contributed by atoms with Crippen LogP contribution < -0.4 is 0 Å². The molecule has 0 amide bonds. The highest BCUT2D eigenvalue weighted by atomic mass is 32.1. The number of aryl methyl sites for hydroxylation is 1. The van der Waals surface area contributed by atoms with E-state index < -0.39 is 0 Å². The molecule has 0 bridgehead atoms. The van der Waals surface area contributed by atoms with Gasteiger partial charge in [0, 0.05) is 5.56 Å². The van der Waals surface area contributed by atoms with Crippen LogP contribution in [-0.4, -0.2) is 11.5 Å². The largest absolute Gasteiger partial charge is 0.295 e. The highest BCUT2D eigenvalue weighted by Gasteiger charge is 2.02. The minimum Gasteiger partial charge on any atom is -0.295 e. The van der Waals surface area contributed by atoms with E-state index in [1.54, 1.807) is 6.92 Å². The maximum Gasteiger partial charge on any atom is 0.160 e. The molecule has 0 N–H and O–H groups in total. The smallest absolute Gasteiger partial charge is 0.160 e. The fourth-order valence-corrected chi connectivity index (χ4v) is 1.63. The van der Waals surface area contributed by atoms with E-state index in [0.717, 1.165) is 28.9 Å².